The van der Waals surface area contributed by atoms with Crippen LogP contribution in [-0.4, -0.2) is 40.1 Å². The standard InChI is InChI=1S/C11H17N3O/c1-8-5-6-13(8)14-7-12-10-4-2-3-9(10)11(14)15/h8,15H,2-7H2,1H3/t8-/m0/s1. The van der Waals surface area contributed by atoms with E-state index in [1.54, 1.807) is 0 Å². The fourth-order valence-electron chi connectivity index (χ4n) is 2.58. The van der Waals surface area contributed by atoms with E-state index in [1.165, 1.54) is 6.42 Å². The molecule has 1 atom stereocenters. The van der Waals surface area contributed by atoms with Gasteiger partial charge < -0.3 is 5.11 Å². The van der Waals surface area contributed by atoms with E-state index in [0.29, 0.717) is 18.6 Å². The lowest BCUT2D eigenvalue weighted by Gasteiger charge is -2.47. The van der Waals surface area contributed by atoms with Crippen molar-refractivity contribution in [2.24, 2.45) is 4.99 Å². The summed E-state index contributed by atoms with van der Waals surface area (Å²) in [5.41, 5.74) is 2.22. The Morgan fingerprint density at radius 1 is 1.40 bits per heavy atom. The van der Waals surface area contributed by atoms with Gasteiger partial charge in [0.1, 0.15) is 6.67 Å². The van der Waals surface area contributed by atoms with E-state index in [9.17, 15) is 5.11 Å². The predicted octanol–water partition coefficient (Wildman–Crippen LogP) is 1.66. The third kappa shape index (κ3) is 1.28. The second-order valence-electron chi connectivity index (χ2n) is 4.60. The van der Waals surface area contributed by atoms with E-state index < -0.39 is 0 Å². The van der Waals surface area contributed by atoms with Crippen LogP contribution in [0.4, 0.5) is 0 Å². The van der Waals surface area contributed by atoms with E-state index in [-0.39, 0.29) is 0 Å². The van der Waals surface area contributed by atoms with E-state index in [4.69, 9.17) is 0 Å². The van der Waals surface area contributed by atoms with Gasteiger partial charge in [0.2, 0.25) is 5.88 Å². The molecule has 1 N–H and O–H groups in total. The van der Waals surface area contributed by atoms with Crippen molar-refractivity contribution in [1.82, 2.24) is 10.0 Å². The number of aliphatic hydroxyl groups excluding tert-OH is 1. The Bertz CT molecular complexity index is 348. The first-order valence-electron chi connectivity index (χ1n) is 5.77. The Balaban J connectivity index is 1.86. The molecule has 4 heteroatoms. The Morgan fingerprint density at radius 3 is 2.93 bits per heavy atom. The molecule has 0 amide bonds. The minimum absolute atomic E-state index is 0.462. The lowest BCUT2D eigenvalue weighted by atomic mass is 10.1. The number of aliphatic imine (C=N–C) groups is 1. The van der Waals surface area contributed by atoms with Crippen molar-refractivity contribution in [3.63, 3.8) is 0 Å². The van der Waals surface area contributed by atoms with E-state index in [1.807, 2.05) is 5.01 Å². The fraction of sp³-hybridized carbons (Fsp3) is 0.727. The number of hydrazine groups is 1. The molecule has 0 radical (unpaired) electrons. The molecule has 0 aromatic carbocycles. The third-order valence-electron chi connectivity index (χ3n) is 3.69. The molecule has 1 saturated carbocycles. The molecule has 1 saturated heterocycles. The van der Waals surface area contributed by atoms with Crippen LogP contribution < -0.4 is 0 Å². The lowest BCUT2D eigenvalue weighted by molar-refractivity contribution is -0.112. The maximum absolute atomic E-state index is 10.2. The summed E-state index contributed by atoms with van der Waals surface area (Å²) in [5, 5.41) is 14.3. The maximum Gasteiger partial charge on any atom is 0.208 e. The number of nitrogens with zero attached hydrogens (tertiary/aromatic N) is 3. The summed E-state index contributed by atoms with van der Waals surface area (Å²) >= 11 is 0. The van der Waals surface area contributed by atoms with Crippen LogP contribution >= 0.6 is 0 Å². The highest BCUT2D eigenvalue weighted by atomic mass is 16.3. The van der Waals surface area contributed by atoms with E-state index >= 15 is 0 Å². The van der Waals surface area contributed by atoms with Gasteiger partial charge in [-0.15, -0.1) is 0 Å². The van der Waals surface area contributed by atoms with E-state index in [2.05, 4.69) is 16.9 Å². The highest BCUT2D eigenvalue weighted by Gasteiger charge is 2.35. The SMILES string of the molecule is C[C@H]1CCN1N1CN=C2CCCC2=C1O. The highest BCUT2D eigenvalue weighted by Crippen LogP contribution is 2.32. The zero-order valence-electron chi connectivity index (χ0n) is 9.11. The minimum atomic E-state index is 0.462. The molecule has 2 fully saturated rings. The minimum Gasteiger partial charge on any atom is -0.493 e. The van der Waals surface area contributed by atoms with Crippen molar-refractivity contribution in [2.75, 3.05) is 13.2 Å². The number of hydrogen-bond donors (Lipinski definition) is 1. The monoisotopic (exact) mass is 207 g/mol. The Labute approximate surface area is 89.9 Å². The average molecular weight is 207 g/mol. The van der Waals surface area contributed by atoms with Gasteiger partial charge in [0, 0.05) is 23.9 Å². The number of fused-ring (bicyclic) bond motifs is 1. The van der Waals surface area contributed by atoms with Crippen LogP contribution in [-0.2, 0) is 0 Å². The van der Waals surface area contributed by atoms with Crippen LogP contribution in [0.25, 0.3) is 0 Å². The van der Waals surface area contributed by atoms with Gasteiger partial charge in [-0.1, -0.05) is 0 Å². The highest BCUT2D eigenvalue weighted by molar-refractivity contribution is 6.02. The van der Waals surface area contributed by atoms with Crippen molar-refractivity contribution in [1.29, 1.82) is 0 Å². The number of hydrogen-bond acceptors (Lipinski definition) is 4. The van der Waals surface area contributed by atoms with Crippen molar-refractivity contribution in [3.8, 4) is 0 Å². The van der Waals surface area contributed by atoms with Gasteiger partial charge in [-0.25, -0.2) is 5.01 Å². The summed E-state index contributed by atoms with van der Waals surface area (Å²) in [4.78, 5) is 4.54. The second kappa shape index (κ2) is 3.23. The number of rotatable bonds is 1. The molecule has 0 aromatic heterocycles. The summed E-state index contributed by atoms with van der Waals surface area (Å²) < 4.78 is 0. The maximum atomic E-state index is 10.2. The largest absolute Gasteiger partial charge is 0.493 e. The zero-order chi connectivity index (χ0) is 10.4. The normalized spacial score (nSPS) is 31.4. The average Bonchev–Trinajstić information content (AvgIpc) is 2.68. The second-order valence-corrected chi connectivity index (χ2v) is 4.60. The molecule has 3 aliphatic rings. The van der Waals surface area contributed by atoms with Crippen LogP contribution in [0.3, 0.4) is 0 Å². The predicted molar refractivity (Wildman–Crippen MR) is 58.4 cm³/mol. The van der Waals surface area contributed by atoms with Crippen molar-refractivity contribution >= 4 is 5.71 Å². The van der Waals surface area contributed by atoms with Crippen LogP contribution in [0, 0.1) is 0 Å². The van der Waals surface area contributed by atoms with Crippen LogP contribution in [0.15, 0.2) is 16.4 Å². The molecule has 3 rings (SSSR count). The summed E-state index contributed by atoms with van der Waals surface area (Å²) in [6.45, 7) is 3.84. The van der Waals surface area contributed by atoms with Crippen LogP contribution in [0.1, 0.15) is 32.6 Å². The molecule has 82 valence electrons. The van der Waals surface area contributed by atoms with Gasteiger partial charge in [-0.2, -0.15) is 0 Å². The quantitative estimate of drug-likeness (QED) is 0.710. The van der Waals surface area contributed by atoms with Gasteiger partial charge >= 0.3 is 0 Å². The van der Waals surface area contributed by atoms with Crippen LogP contribution in [0.2, 0.25) is 0 Å². The topological polar surface area (TPSA) is 39.1 Å². The Morgan fingerprint density at radius 2 is 2.27 bits per heavy atom. The van der Waals surface area contributed by atoms with Crippen molar-refractivity contribution in [2.45, 2.75) is 38.6 Å². The summed E-state index contributed by atoms with van der Waals surface area (Å²) in [7, 11) is 0. The zero-order valence-corrected chi connectivity index (χ0v) is 9.11. The first kappa shape index (κ1) is 9.21. The fourth-order valence-corrected chi connectivity index (χ4v) is 2.58. The smallest absolute Gasteiger partial charge is 0.208 e. The number of aliphatic hydroxyl groups is 1. The Hall–Kier alpha value is -1.03. The lowest BCUT2D eigenvalue weighted by Crippen LogP contribution is -2.56. The Kier molecular flexibility index (Phi) is 1.99. The molecule has 0 spiro atoms. The molecular weight excluding hydrogens is 190 g/mol. The molecule has 4 nitrogen and oxygen atoms in total. The summed E-state index contributed by atoms with van der Waals surface area (Å²) in [5.74, 6) is 0.462. The van der Waals surface area contributed by atoms with Crippen molar-refractivity contribution in [3.05, 3.63) is 11.5 Å². The first-order valence-corrected chi connectivity index (χ1v) is 5.77. The molecule has 1 aliphatic carbocycles. The van der Waals surface area contributed by atoms with Crippen molar-refractivity contribution < 1.29 is 5.11 Å². The molecule has 0 bridgehead atoms. The summed E-state index contributed by atoms with van der Waals surface area (Å²) in [6, 6.07) is 0.547. The molecule has 2 heterocycles. The summed E-state index contributed by atoms with van der Waals surface area (Å²) in [6.07, 6.45) is 4.39. The van der Waals surface area contributed by atoms with Gasteiger partial charge in [0.15, 0.2) is 0 Å². The van der Waals surface area contributed by atoms with Crippen LogP contribution in [0.5, 0.6) is 0 Å². The van der Waals surface area contributed by atoms with Gasteiger partial charge in [0.25, 0.3) is 0 Å². The molecule has 0 unspecified atom stereocenters. The third-order valence-corrected chi connectivity index (χ3v) is 3.69. The van der Waals surface area contributed by atoms with E-state index in [0.717, 1.165) is 37.1 Å². The molecule has 0 aromatic rings. The molecule has 15 heavy (non-hydrogen) atoms. The van der Waals surface area contributed by atoms with Gasteiger partial charge in [0.05, 0.1) is 0 Å². The first-order chi connectivity index (χ1) is 7.27. The van der Waals surface area contributed by atoms with Gasteiger partial charge in [-0.3, -0.25) is 10.0 Å². The molecular formula is C11H17N3O. The molecule has 2 aliphatic heterocycles. The van der Waals surface area contributed by atoms with Gasteiger partial charge in [-0.05, 0) is 32.6 Å². The number of allylic oxidation sites excluding steroid dienone is 1.